The summed E-state index contributed by atoms with van der Waals surface area (Å²) in [4.78, 5) is 27.0. The Bertz CT molecular complexity index is 1460. The number of allylic oxidation sites excluding steroid dienone is 4. The van der Waals surface area contributed by atoms with Gasteiger partial charge < -0.3 is 25.4 Å². The highest BCUT2D eigenvalue weighted by molar-refractivity contribution is 7.89. The number of nitrogens with one attached hydrogen (secondary N) is 3. The van der Waals surface area contributed by atoms with Gasteiger partial charge in [0.1, 0.15) is 17.7 Å². The van der Waals surface area contributed by atoms with Gasteiger partial charge in [0, 0.05) is 49.5 Å². The number of carbonyl (C=O) groups excluding carboxylic acids is 2. The molecule has 10 nitrogen and oxygen atoms in total. The quantitative estimate of drug-likeness (QED) is 0.324. The topological polar surface area (TPSA) is 126 Å². The number of nitrogens with zero attached hydrogens (tertiary/aromatic N) is 1. The highest BCUT2D eigenvalue weighted by Crippen LogP contribution is 2.47. The normalized spacial score (nSPS) is 31.5. The van der Waals surface area contributed by atoms with Gasteiger partial charge in [0.2, 0.25) is 15.9 Å². The molecular weight excluding hydrogens is 630 g/mol. The lowest BCUT2D eigenvalue weighted by Gasteiger charge is -2.46. The number of fused-ring (bicyclic) bond motifs is 2. The molecule has 2 amide bonds. The van der Waals surface area contributed by atoms with Crippen LogP contribution in [0, 0.1) is 23.1 Å². The van der Waals surface area contributed by atoms with Crippen molar-refractivity contribution >= 4 is 27.7 Å². The number of ether oxygens (including phenoxy) is 2. The van der Waals surface area contributed by atoms with Crippen LogP contribution in [0.1, 0.15) is 63.9 Å². The van der Waals surface area contributed by atoms with Gasteiger partial charge in [0.15, 0.2) is 0 Å². The zero-order valence-electron chi connectivity index (χ0n) is 27.5. The maximum atomic E-state index is 15.4. The first-order valence-electron chi connectivity index (χ1n) is 16.7. The molecule has 2 aliphatic heterocycles. The van der Waals surface area contributed by atoms with E-state index in [0.29, 0.717) is 32.4 Å². The number of alkyl carbamates (subject to hydrolysis) is 1. The number of anilines is 1. The Morgan fingerprint density at radius 2 is 1.91 bits per heavy atom. The number of halogens is 2. The molecule has 3 N–H and O–H groups in total. The van der Waals surface area contributed by atoms with Crippen molar-refractivity contribution in [2.24, 2.45) is 17.3 Å². The van der Waals surface area contributed by atoms with Crippen LogP contribution in [0.25, 0.3) is 0 Å². The summed E-state index contributed by atoms with van der Waals surface area (Å²) in [6.07, 6.45) is 9.32. The fraction of sp³-hybridized carbons (Fsp3) is 0.647. The lowest BCUT2D eigenvalue weighted by molar-refractivity contribution is -0.121. The van der Waals surface area contributed by atoms with Gasteiger partial charge in [-0.15, -0.1) is 0 Å². The molecule has 260 valence electrons. The lowest BCUT2D eigenvalue weighted by Crippen LogP contribution is -2.57. The summed E-state index contributed by atoms with van der Waals surface area (Å²) in [6.45, 7) is 2.83. The van der Waals surface area contributed by atoms with Crippen LogP contribution in [-0.2, 0) is 30.7 Å². The van der Waals surface area contributed by atoms with E-state index in [4.69, 9.17) is 9.47 Å². The molecule has 5 rings (SSSR count). The predicted octanol–water partition coefficient (Wildman–Crippen LogP) is 4.83. The van der Waals surface area contributed by atoms with Gasteiger partial charge in [-0.25, -0.2) is 22.0 Å². The molecule has 0 aromatic heterocycles. The molecule has 2 aliphatic carbocycles. The molecule has 4 aliphatic rings. The Balaban J connectivity index is 1.41. The van der Waals surface area contributed by atoms with Crippen molar-refractivity contribution in [1.29, 1.82) is 0 Å². The van der Waals surface area contributed by atoms with E-state index in [2.05, 4.69) is 16.0 Å². The molecule has 0 radical (unpaired) electrons. The first-order valence-corrected chi connectivity index (χ1v) is 18.3. The average molecular weight is 679 g/mol. The monoisotopic (exact) mass is 678 g/mol. The molecule has 2 heterocycles. The summed E-state index contributed by atoms with van der Waals surface area (Å²) in [5.41, 5.74) is -0.166. The first kappa shape index (κ1) is 35.4. The van der Waals surface area contributed by atoms with Gasteiger partial charge in [-0.05, 0) is 93.4 Å². The van der Waals surface area contributed by atoms with Crippen molar-refractivity contribution < 1.29 is 36.3 Å². The van der Waals surface area contributed by atoms with Crippen LogP contribution in [0.15, 0.2) is 42.3 Å². The second-order valence-corrected chi connectivity index (χ2v) is 15.7. The van der Waals surface area contributed by atoms with Crippen LogP contribution < -0.4 is 16.0 Å². The number of sulfonamides is 1. The number of methoxy groups -OCH3 is 2. The molecule has 1 saturated carbocycles. The van der Waals surface area contributed by atoms with Crippen LogP contribution in [0.3, 0.4) is 0 Å². The van der Waals surface area contributed by atoms with Gasteiger partial charge in [-0.1, -0.05) is 19.1 Å². The first-order chi connectivity index (χ1) is 22.4. The van der Waals surface area contributed by atoms with Gasteiger partial charge in [0.25, 0.3) is 0 Å². The number of benzene rings is 1. The predicted molar refractivity (Wildman–Crippen MR) is 175 cm³/mol. The number of rotatable bonds is 10. The molecule has 47 heavy (non-hydrogen) atoms. The molecule has 13 heteroatoms. The standard InChI is InChI=1S/C34H48F2N4O6S/c1-34(17-15-23(35)16-18-34)30(22-9-12-26(45-2)13-10-22)31(39-33(42)46-3)32(41)38-29-8-4-7-28(36)27(29)14-11-25-20-37-24-6-5-19-47(43,44)40(25)21-24/h4,7-8,15-17,22,24-26,30-31,37H,5-6,9-14,18-21H2,1-3H3,(H,38,41)(H,39,42)/t22-,24-,25+,26-,30+,31+,34?/m1/s1. The molecule has 2 bridgehead atoms. The fourth-order valence-electron chi connectivity index (χ4n) is 8.05. The second-order valence-electron chi connectivity index (χ2n) is 13.6. The third kappa shape index (κ3) is 8.23. The summed E-state index contributed by atoms with van der Waals surface area (Å²) in [7, 11) is -0.514. The van der Waals surface area contributed by atoms with E-state index in [1.807, 2.05) is 6.92 Å². The Hall–Kier alpha value is -2.87. The fourth-order valence-corrected chi connectivity index (χ4v) is 9.85. The van der Waals surface area contributed by atoms with Crippen molar-refractivity contribution in [2.75, 3.05) is 38.4 Å². The number of piperazine rings is 1. The highest BCUT2D eigenvalue weighted by Gasteiger charge is 2.47. The van der Waals surface area contributed by atoms with Crippen molar-refractivity contribution in [3.8, 4) is 0 Å². The van der Waals surface area contributed by atoms with Crippen LogP contribution in [0.2, 0.25) is 0 Å². The van der Waals surface area contributed by atoms with Crippen LogP contribution in [0.4, 0.5) is 19.3 Å². The van der Waals surface area contributed by atoms with Crippen molar-refractivity contribution in [3.63, 3.8) is 0 Å². The van der Waals surface area contributed by atoms with Crippen LogP contribution >= 0.6 is 0 Å². The molecule has 0 spiro atoms. The minimum atomic E-state index is -3.42. The number of hydrogen-bond donors (Lipinski definition) is 3. The Kier molecular flexibility index (Phi) is 11.4. The minimum absolute atomic E-state index is 0.0105. The van der Waals surface area contributed by atoms with E-state index >= 15 is 4.39 Å². The summed E-state index contributed by atoms with van der Waals surface area (Å²) in [6, 6.07) is 3.11. The Morgan fingerprint density at radius 3 is 2.60 bits per heavy atom. The van der Waals surface area contributed by atoms with Crippen molar-refractivity contribution in [2.45, 2.75) is 88.9 Å². The number of amides is 2. The van der Waals surface area contributed by atoms with Crippen LogP contribution in [-0.4, -0.2) is 82.0 Å². The van der Waals surface area contributed by atoms with Crippen molar-refractivity contribution in [3.05, 3.63) is 53.6 Å². The summed E-state index contributed by atoms with van der Waals surface area (Å²) in [5, 5.41) is 9.12. The zero-order valence-corrected chi connectivity index (χ0v) is 28.3. The van der Waals surface area contributed by atoms with Gasteiger partial charge in [-0.2, -0.15) is 4.31 Å². The molecule has 2 saturated heterocycles. The third-order valence-electron chi connectivity index (χ3n) is 10.6. The largest absolute Gasteiger partial charge is 0.453 e. The van der Waals surface area contributed by atoms with Gasteiger partial charge in [-0.3, -0.25) is 4.79 Å². The third-order valence-corrected chi connectivity index (χ3v) is 12.6. The van der Waals surface area contributed by atoms with E-state index in [1.165, 1.54) is 31.4 Å². The van der Waals surface area contributed by atoms with E-state index in [1.54, 1.807) is 23.6 Å². The summed E-state index contributed by atoms with van der Waals surface area (Å²) in [5.74, 6) is -1.77. The van der Waals surface area contributed by atoms with E-state index in [0.717, 1.165) is 32.1 Å². The zero-order chi connectivity index (χ0) is 33.8. The second kappa shape index (κ2) is 15.1. The Labute approximate surface area is 276 Å². The van der Waals surface area contributed by atoms with Crippen LogP contribution in [0.5, 0.6) is 0 Å². The highest BCUT2D eigenvalue weighted by atomic mass is 32.2. The summed E-state index contributed by atoms with van der Waals surface area (Å²) < 4.78 is 67.7. The van der Waals surface area contributed by atoms with Crippen molar-refractivity contribution in [1.82, 2.24) is 14.9 Å². The smallest absolute Gasteiger partial charge is 0.407 e. The Morgan fingerprint density at radius 1 is 1.15 bits per heavy atom. The SMILES string of the molecule is COC(=O)N[C@H](C(=O)Nc1cccc(F)c1CC[C@H]1CN[C@@H]2CCCS(=O)(=O)N1C2)[C@H]([C@H]1CC[C@H](OC)CC1)C1(C)C=CC(F)=CC1. The van der Waals surface area contributed by atoms with E-state index in [-0.39, 0.29) is 53.4 Å². The molecule has 1 aromatic carbocycles. The summed E-state index contributed by atoms with van der Waals surface area (Å²) >= 11 is 0. The molecule has 3 fully saturated rings. The maximum absolute atomic E-state index is 15.4. The number of carbonyl (C=O) groups is 2. The minimum Gasteiger partial charge on any atom is -0.453 e. The molecule has 2 unspecified atom stereocenters. The molecular formula is C34H48F2N4O6S. The van der Waals surface area contributed by atoms with E-state index in [9.17, 15) is 22.4 Å². The lowest BCUT2D eigenvalue weighted by atomic mass is 9.61. The molecule has 6 atom stereocenters. The van der Waals surface area contributed by atoms with Gasteiger partial charge in [0.05, 0.1) is 19.0 Å². The average Bonchev–Trinajstić information content (AvgIpc) is 3.17. The van der Waals surface area contributed by atoms with E-state index < -0.39 is 45.2 Å². The maximum Gasteiger partial charge on any atom is 0.407 e. The van der Waals surface area contributed by atoms with Gasteiger partial charge >= 0.3 is 6.09 Å². The number of hydrogen-bond acceptors (Lipinski definition) is 7. The molecule has 1 aromatic rings.